The molecular formula is C32H28N8O3. The maximum atomic E-state index is 14.3. The van der Waals surface area contributed by atoms with Crippen LogP contribution in [-0.2, 0) is 0 Å². The molecule has 2 aromatic carbocycles. The zero-order chi connectivity index (χ0) is 29.5. The predicted molar refractivity (Wildman–Crippen MR) is 159 cm³/mol. The summed E-state index contributed by atoms with van der Waals surface area (Å²) < 4.78 is 2.95. The highest BCUT2D eigenvalue weighted by atomic mass is 16.3. The Morgan fingerprint density at radius 2 is 2.00 bits per heavy atom. The van der Waals surface area contributed by atoms with Gasteiger partial charge in [0, 0.05) is 30.4 Å². The van der Waals surface area contributed by atoms with Crippen molar-refractivity contribution >= 4 is 28.3 Å². The molecule has 5 heterocycles. The van der Waals surface area contributed by atoms with Crippen molar-refractivity contribution in [3.05, 3.63) is 94.3 Å². The Bertz CT molecular complexity index is 2090. The van der Waals surface area contributed by atoms with Crippen LogP contribution in [0.25, 0.3) is 22.2 Å². The van der Waals surface area contributed by atoms with E-state index in [1.54, 1.807) is 43.6 Å². The average molecular weight is 573 g/mol. The molecule has 3 unspecified atom stereocenters. The third kappa shape index (κ3) is 3.48. The van der Waals surface area contributed by atoms with Crippen molar-refractivity contribution in [1.82, 2.24) is 34.4 Å². The zero-order valence-electron chi connectivity index (χ0n) is 23.4. The molecule has 4 atom stereocenters. The number of fused-ring (bicyclic) bond motifs is 2. The topological polar surface area (TPSA) is 144 Å². The molecule has 5 aromatic rings. The molecule has 2 saturated heterocycles. The smallest absolute Gasteiger partial charge is 0.267 e. The SMILES string of the molecule is C[C@@H](NC(=O)c1c(N)nn2cccnc12)c1nc2cccc(C#CC3(O)C4CCN5CCC453)c2c(=O)n1-c1ccccc1. The maximum absolute atomic E-state index is 14.3. The van der Waals surface area contributed by atoms with Crippen LogP contribution in [0.15, 0.2) is 71.8 Å². The van der Waals surface area contributed by atoms with Crippen molar-refractivity contribution in [2.75, 3.05) is 18.8 Å². The Morgan fingerprint density at radius 1 is 1.16 bits per heavy atom. The quantitative estimate of drug-likeness (QED) is 0.278. The fourth-order valence-electron chi connectivity index (χ4n) is 7.25. The number of nitrogens with zero attached hydrogens (tertiary/aromatic N) is 6. The van der Waals surface area contributed by atoms with Gasteiger partial charge in [0.25, 0.3) is 11.5 Å². The van der Waals surface area contributed by atoms with Gasteiger partial charge in [-0.25, -0.2) is 14.5 Å². The zero-order valence-corrected chi connectivity index (χ0v) is 23.4. The number of carbonyl (C=O) groups is 1. The highest BCUT2D eigenvalue weighted by Gasteiger charge is 2.83. The second-order valence-electron chi connectivity index (χ2n) is 11.5. The summed E-state index contributed by atoms with van der Waals surface area (Å²) in [6.07, 6.45) is 5.11. The van der Waals surface area contributed by atoms with Gasteiger partial charge >= 0.3 is 0 Å². The van der Waals surface area contributed by atoms with Crippen molar-refractivity contribution in [1.29, 1.82) is 0 Å². The monoisotopic (exact) mass is 572 g/mol. The van der Waals surface area contributed by atoms with Gasteiger partial charge in [-0.2, -0.15) is 0 Å². The standard InChI is InChI=1S/C32H28N8O3/c1-19(35-29(41)25-26(33)37-39-16-6-15-34-28(25)39)27-36-22-10-5-7-20(24(22)30(42)40(27)21-8-3-2-4-9-21)11-13-32(43)23-12-17-38-18-14-31(23,32)38/h2-10,15-16,19,23,43H,12,14,17-18H2,1H3,(H2,33,37)(H,35,41)/t19-,23?,31?,32?/m1/s1. The molecule has 0 bridgehead atoms. The Labute approximate surface area is 246 Å². The first kappa shape index (κ1) is 25.6. The second-order valence-corrected chi connectivity index (χ2v) is 11.5. The van der Waals surface area contributed by atoms with E-state index in [2.05, 4.69) is 32.1 Å². The van der Waals surface area contributed by atoms with Gasteiger partial charge in [-0.3, -0.25) is 19.1 Å². The summed E-state index contributed by atoms with van der Waals surface area (Å²) in [7, 11) is 0. The van der Waals surface area contributed by atoms with Crippen molar-refractivity contribution in [3.63, 3.8) is 0 Å². The molecule has 8 rings (SSSR count). The lowest BCUT2D eigenvalue weighted by atomic mass is 9.97. The van der Waals surface area contributed by atoms with E-state index in [4.69, 9.17) is 10.7 Å². The lowest BCUT2D eigenvalue weighted by Gasteiger charge is -2.40. The molecule has 1 saturated carbocycles. The number of carbonyl (C=O) groups excluding carboxylic acids is 1. The number of nitrogens with two attached hydrogens (primary N) is 1. The highest BCUT2D eigenvalue weighted by molar-refractivity contribution is 6.04. The first-order chi connectivity index (χ1) is 20.8. The second kappa shape index (κ2) is 8.97. The number of para-hydroxylation sites is 1. The summed E-state index contributed by atoms with van der Waals surface area (Å²) in [4.78, 5) is 39.2. The molecule has 214 valence electrons. The van der Waals surface area contributed by atoms with E-state index in [0.29, 0.717) is 33.6 Å². The van der Waals surface area contributed by atoms with Crippen LogP contribution in [0.4, 0.5) is 5.82 Å². The van der Waals surface area contributed by atoms with Crippen LogP contribution in [-0.4, -0.2) is 64.3 Å². The van der Waals surface area contributed by atoms with E-state index in [1.807, 2.05) is 30.3 Å². The molecular weight excluding hydrogens is 544 g/mol. The van der Waals surface area contributed by atoms with Crippen molar-refractivity contribution in [3.8, 4) is 17.5 Å². The van der Waals surface area contributed by atoms with Crippen molar-refractivity contribution < 1.29 is 9.90 Å². The first-order valence-electron chi connectivity index (χ1n) is 14.3. The summed E-state index contributed by atoms with van der Waals surface area (Å²) in [6, 6.07) is 15.5. The molecule has 2 aliphatic heterocycles. The average Bonchev–Trinajstić information content (AvgIpc) is 3.20. The van der Waals surface area contributed by atoms with E-state index < -0.39 is 17.6 Å². The lowest BCUT2D eigenvalue weighted by Crippen LogP contribution is -2.53. The van der Waals surface area contributed by atoms with E-state index in [1.165, 1.54) is 9.08 Å². The first-order valence-corrected chi connectivity index (χ1v) is 14.3. The van der Waals surface area contributed by atoms with Gasteiger partial charge in [0.15, 0.2) is 11.5 Å². The molecule has 11 heteroatoms. The molecule has 1 aliphatic carbocycles. The van der Waals surface area contributed by atoms with Crippen LogP contribution in [0, 0.1) is 17.8 Å². The number of nitrogen functional groups attached to an aromatic ring is 1. The van der Waals surface area contributed by atoms with E-state index in [0.717, 1.165) is 25.9 Å². The van der Waals surface area contributed by atoms with Gasteiger partial charge in [-0.15, -0.1) is 5.10 Å². The molecule has 3 fully saturated rings. The molecule has 11 nitrogen and oxygen atoms in total. The maximum Gasteiger partial charge on any atom is 0.267 e. The van der Waals surface area contributed by atoms with Gasteiger partial charge in [-0.1, -0.05) is 36.1 Å². The molecule has 0 radical (unpaired) electrons. The van der Waals surface area contributed by atoms with Gasteiger partial charge < -0.3 is 16.2 Å². The minimum Gasteiger partial charge on any atom is -0.381 e. The number of rotatable bonds is 4. The number of hydrogen-bond donors (Lipinski definition) is 3. The normalized spacial score (nSPS) is 24.5. The summed E-state index contributed by atoms with van der Waals surface area (Å²) in [5.74, 6) is 6.37. The molecule has 3 aromatic heterocycles. The van der Waals surface area contributed by atoms with Gasteiger partial charge in [-0.05, 0) is 56.6 Å². The van der Waals surface area contributed by atoms with E-state index in [-0.39, 0.29) is 28.4 Å². The summed E-state index contributed by atoms with van der Waals surface area (Å²) >= 11 is 0. The van der Waals surface area contributed by atoms with Crippen molar-refractivity contribution in [2.45, 2.75) is 36.9 Å². The number of hydrogen-bond acceptors (Lipinski definition) is 8. The number of anilines is 1. The van der Waals surface area contributed by atoms with Crippen LogP contribution >= 0.6 is 0 Å². The molecule has 4 N–H and O–H groups in total. The van der Waals surface area contributed by atoms with Gasteiger partial charge in [0.2, 0.25) is 0 Å². The number of piperidine rings is 1. The molecule has 43 heavy (non-hydrogen) atoms. The summed E-state index contributed by atoms with van der Waals surface area (Å²) in [6.45, 7) is 3.76. The van der Waals surface area contributed by atoms with Gasteiger partial charge in [0.05, 0.1) is 28.2 Å². The van der Waals surface area contributed by atoms with Gasteiger partial charge in [0.1, 0.15) is 17.0 Å². The van der Waals surface area contributed by atoms with E-state index in [9.17, 15) is 14.7 Å². The van der Waals surface area contributed by atoms with Crippen LogP contribution in [0.3, 0.4) is 0 Å². The van der Waals surface area contributed by atoms with Crippen LogP contribution in [0.5, 0.6) is 0 Å². The Balaban J connectivity index is 1.22. The minimum absolute atomic E-state index is 0.0459. The Hall–Kier alpha value is -5.05. The van der Waals surface area contributed by atoms with Crippen LogP contribution in [0.1, 0.15) is 47.6 Å². The molecule has 1 spiro atoms. The fraction of sp³-hybridized carbons (Fsp3) is 0.281. The number of aliphatic hydroxyl groups is 1. The van der Waals surface area contributed by atoms with Crippen molar-refractivity contribution in [2.24, 2.45) is 5.92 Å². The number of nitrogens with one attached hydrogen (secondary N) is 1. The number of aromatic nitrogens is 5. The fourth-order valence-corrected chi connectivity index (χ4v) is 7.25. The van der Waals surface area contributed by atoms with Crippen LogP contribution < -0.4 is 16.6 Å². The summed E-state index contributed by atoms with van der Waals surface area (Å²) in [5.41, 5.74) is 6.52. The number of benzene rings is 2. The Morgan fingerprint density at radius 3 is 2.77 bits per heavy atom. The molecule has 1 amide bonds. The lowest BCUT2D eigenvalue weighted by molar-refractivity contribution is 0.0164. The highest BCUT2D eigenvalue weighted by Crippen LogP contribution is 2.69. The number of amides is 1. The largest absolute Gasteiger partial charge is 0.381 e. The minimum atomic E-state index is -1.05. The third-order valence-corrected chi connectivity index (χ3v) is 9.38. The third-order valence-electron chi connectivity index (χ3n) is 9.38. The predicted octanol–water partition coefficient (Wildman–Crippen LogP) is 2.06. The van der Waals surface area contributed by atoms with E-state index >= 15 is 0 Å². The molecule has 3 aliphatic rings. The van der Waals surface area contributed by atoms with Crippen LogP contribution in [0.2, 0.25) is 0 Å². The Kier molecular flexibility index (Phi) is 5.35. The summed E-state index contributed by atoms with van der Waals surface area (Å²) in [5, 5.41) is 18.9.